The van der Waals surface area contributed by atoms with Crippen molar-refractivity contribution in [3.8, 4) is 0 Å². The van der Waals surface area contributed by atoms with Crippen molar-refractivity contribution in [2.24, 2.45) is 0 Å². The van der Waals surface area contributed by atoms with E-state index in [4.69, 9.17) is 9.47 Å². The molecule has 9 heteroatoms. The number of aliphatic hydroxyl groups is 5. The Bertz CT molecular complexity index is 935. The second-order valence-corrected chi connectivity index (χ2v) is 18.0. The molecule has 59 heavy (non-hydrogen) atoms. The van der Waals surface area contributed by atoms with Crippen molar-refractivity contribution in [3.63, 3.8) is 0 Å². The van der Waals surface area contributed by atoms with Crippen LogP contribution in [0.3, 0.4) is 0 Å². The first-order valence-electron chi connectivity index (χ1n) is 25.4. The molecule has 1 fully saturated rings. The number of nitrogens with one attached hydrogen (secondary N) is 1. The molecule has 6 N–H and O–H groups in total. The van der Waals surface area contributed by atoms with Crippen molar-refractivity contribution < 1.29 is 39.8 Å². The molecule has 1 rings (SSSR count). The number of unbranched alkanes of at least 4 members (excludes halogenated alkanes) is 31. The summed E-state index contributed by atoms with van der Waals surface area (Å²) in [6.07, 6.45) is 41.3. The normalized spacial score (nSPS) is 20.7. The maximum atomic E-state index is 12.9. The van der Waals surface area contributed by atoms with Crippen LogP contribution in [0.1, 0.15) is 245 Å². The molecule has 1 heterocycles. The topological polar surface area (TPSA) is 149 Å². The Hall–Kier alpha value is -1.07. The minimum Gasteiger partial charge on any atom is -0.394 e. The molecule has 0 aromatic rings. The number of allylic oxidation sites excluding steroid dienone is 2. The van der Waals surface area contributed by atoms with Gasteiger partial charge in [-0.2, -0.15) is 0 Å². The fraction of sp³-hybridized carbons (Fsp3) is 0.940. The Morgan fingerprint density at radius 1 is 0.559 bits per heavy atom. The van der Waals surface area contributed by atoms with E-state index in [1.54, 1.807) is 0 Å². The third kappa shape index (κ3) is 31.4. The molecule has 1 amide bonds. The van der Waals surface area contributed by atoms with Crippen molar-refractivity contribution in [1.29, 1.82) is 0 Å². The van der Waals surface area contributed by atoms with Crippen LogP contribution in [0.25, 0.3) is 0 Å². The molecule has 0 aliphatic carbocycles. The molecule has 7 unspecified atom stereocenters. The van der Waals surface area contributed by atoms with E-state index in [2.05, 4.69) is 31.3 Å². The van der Waals surface area contributed by atoms with Crippen LogP contribution in [0.2, 0.25) is 0 Å². The number of amides is 1. The van der Waals surface area contributed by atoms with E-state index < -0.39 is 49.5 Å². The first-order valence-corrected chi connectivity index (χ1v) is 25.4. The summed E-state index contributed by atoms with van der Waals surface area (Å²) in [5, 5.41) is 54.1. The van der Waals surface area contributed by atoms with E-state index in [9.17, 15) is 30.3 Å². The lowest BCUT2D eigenvalue weighted by Crippen LogP contribution is -2.60. The van der Waals surface area contributed by atoms with Gasteiger partial charge in [-0.05, 0) is 38.5 Å². The number of ether oxygens (including phenoxy) is 2. The molecule has 1 aliphatic heterocycles. The molecule has 0 aromatic carbocycles. The quantitative estimate of drug-likeness (QED) is 0.0263. The van der Waals surface area contributed by atoms with Crippen LogP contribution in [0.5, 0.6) is 0 Å². The number of rotatable bonds is 43. The van der Waals surface area contributed by atoms with Crippen LogP contribution < -0.4 is 5.32 Å². The summed E-state index contributed by atoms with van der Waals surface area (Å²) in [5.41, 5.74) is 0. The van der Waals surface area contributed by atoms with Gasteiger partial charge >= 0.3 is 0 Å². The lowest BCUT2D eigenvalue weighted by Gasteiger charge is -2.40. The highest BCUT2D eigenvalue weighted by Gasteiger charge is 2.44. The first-order chi connectivity index (χ1) is 28.8. The maximum absolute atomic E-state index is 12.9. The van der Waals surface area contributed by atoms with Crippen molar-refractivity contribution in [3.05, 3.63) is 12.2 Å². The average Bonchev–Trinajstić information content (AvgIpc) is 3.23. The molecule has 9 nitrogen and oxygen atoms in total. The molecule has 0 radical (unpaired) electrons. The highest BCUT2D eigenvalue weighted by atomic mass is 16.7. The molecular weight excluding hydrogens is 743 g/mol. The van der Waals surface area contributed by atoms with Gasteiger partial charge in [0, 0.05) is 6.42 Å². The number of carbonyl (C=O) groups is 1. The molecule has 0 bridgehead atoms. The molecule has 350 valence electrons. The summed E-state index contributed by atoms with van der Waals surface area (Å²) >= 11 is 0. The zero-order valence-electron chi connectivity index (χ0n) is 38.5. The lowest BCUT2D eigenvalue weighted by molar-refractivity contribution is -0.302. The van der Waals surface area contributed by atoms with E-state index in [1.807, 2.05) is 0 Å². The minimum absolute atomic E-state index is 0.135. The van der Waals surface area contributed by atoms with Gasteiger partial charge in [0.15, 0.2) is 6.29 Å². The van der Waals surface area contributed by atoms with Crippen molar-refractivity contribution in [2.75, 3.05) is 13.2 Å². The second-order valence-electron chi connectivity index (χ2n) is 18.0. The van der Waals surface area contributed by atoms with E-state index in [-0.39, 0.29) is 12.5 Å². The predicted octanol–water partition coefficient (Wildman–Crippen LogP) is 11.3. The van der Waals surface area contributed by atoms with Crippen LogP contribution in [0.4, 0.5) is 0 Å². The van der Waals surface area contributed by atoms with E-state index in [0.29, 0.717) is 12.8 Å². The Morgan fingerprint density at radius 3 is 1.37 bits per heavy atom. The first kappa shape index (κ1) is 55.9. The van der Waals surface area contributed by atoms with Gasteiger partial charge in [-0.3, -0.25) is 4.79 Å². The van der Waals surface area contributed by atoms with Crippen LogP contribution in [0, 0.1) is 0 Å². The van der Waals surface area contributed by atoms with Gasteiger partial charge < -0.3 is 40.3 Å². The zero-order chi connectivity index (χ0) is 43.0. The fourth-order valence-corrected chi connectivity index (χ4v) is 8.27. The molecule has 0 spiro atoms. The Balaban J connectivity index is 2.07. The maximum Gasteiger partial charge on any atom is 0.220 e. The number of aliphatic hydroxyl groups excluding tert-OH is 5. The number of hydrogen-bond acceptors (Lipinski definition) is 8. The van der Waals surface area contributed by atoms with Gasteiger partial charge in [-0.15, -0.1) is 0 Å². The summed E-state index contributed by atoms with van der Waals surface area (Å²) in [5.74, 6) is -0.145. The SMILES string of the molecule is CCCCCCCCCC/C=C\CCCCCCCCCCCCCCCCCCCC(=O)NC(COC1OC(CO)C(O)C(O)C1O)C(O)CCCCCCCCC. The monoisotopic (exact) mass is 840 g/mol. The Labute approximate surface area is 363 Å². The summed E-state index contributed by atoms with van der Waals surface area (Å²) in [4.78, 5) is 12.9. The number of carbonyl (C=O) groups excluding carboxylic acids is 1. The summed E-state index contributed by atoms with van der Waals surface area (Å²) < 4.78 is 11.2. The average molecular weight is 840 g/mol. The molecule has 1 saturated heterocycles. The smallest absolute Gasteiger partial charge is 0.220 e. The summed E-state index contributed by atoms with van der Waals surface area (Å²) in [7, 11) is 0. The van der Waals surface area contributed by atoms with Crippen LogP contribution in [-0.4, -0.2) is 87.5 Å². The van der Waals surface area contributed by atoms with Crippen molar-refractivity contribution >= 4 is 5.91 Å². The van der Waals surface area contributed by atoms with E-state index in [1.165, 1.54) is 180 Å². The minimum atomic E-state index is -1.55. The zero-order valence-corrected chi connectivity index (χ0v) is 38.5. The van der Waals surface area contributed by atoms with Gasteiger partial charge in [-0.1, -0.05) is 212 Å². The van der Waals surface area contributed by atoms with Crippen LogP contribution in [0.15, 0.2) is 12.2 Å². The summed E-state index contributed by atoms with van der Waals surface area (Å²) in [6.45, 7) is 3.80. The Kier molecular flexibility index (Phi) is 38.9. The Morgan fingerprint density at radius 2 is 0.949 bits per heavy atom. The largest absolute Gasteiger partial charge is 0.394 e. The number of hydrogen-bond donors (Lipinski definition) is 6. The van der Waals surface area contributed by atoms with Crippen LogP contribution >= 0.6 is 0 Å². The molecule has 1 aliphatic rings. The third-order valence-corrected chi connectivity index (χ3v) is 12.4. The van der Waals surface area contributed by atoms with Crippen molar-refractivity contribution in [2.45, 2.75) is 288 Å². The highest BCUT2D eigenvalue weighted by Crippen LogP contribution is 2.23. The molecule has 0 aromatic heterocycles. The second kappa shape index (κ2) is 41.0. The van der Waals surface area contributed by atoms with E-state index in [0.717, 1.165) is 38.5 Å². The molecule has 0 saturated carbocycles. The summed E-state index contributed by atoms with van der Waals surface area (Å²) in [6, 6.07) is -0.711. The fourth-order valence-electron chi connectivity index (χ4n) is 8.27. The van der Waals surface area contributed by atoms with Gasteiger partial charge in [0.2, 0.25) is 5.91 Å². The lowest BCUT2D eigenvalue weighted by atomic mass is 9.99. The third-order valence-electron chi connectivity index (χ3n) is 12.4. The highest BCUT2D eigenvalue weighted by molar-refractivity contribution is 5.76. The van der Waals surface area contributed by atoms with Gasteiger partial charge in [-0.25, -0.2) is 0 Å². The van der Waals surface area contributed by atoms with Crippen LogP contribution in [-0.2, 0) is 14.3 Å². The van der Waals surface area contributed by atoms with Crippen molar-refractivity contribution in [1.82, 2.24) is 5.32 Å². The molecular formula is C50H97NO8. The van der Waals surface area contributed by atoms with Gasteiger partial charge in [0.05, 0.1) is 25.4 Å². The molecule has 7 atom stereocenters. The van der Waals surface area contributed by atoms with E-state index >= 15 is 0 Å². The predicted molar refractivity (Wildman–Crippen MR) is 244 cm³/mol. The van der Waals surface area contributed by atoms with Gasteiger partial charge in [0.1, 0.15) is 24.4 Å². The van der Waals surface area contributed by atoms with Gasteiger partial charge in [0.25, 0.3) is 0 Å². The standard InChI is InChI=1S/C50H97NO8/c1-3-5-7-9-11-12-13-14-15-16-17-18-19-20-21-22-23-24-25-26-27-28-29-30-31-32-34-36-38-40-46(54)51-43(44(53)39-37-35-33-10-8-6-4-2)42-58-50-49(57)48(56)47(55)45(41-52)59-50/h16-17,43-45,47-50,52-53,55-57H,3-15,18-42H2,1-2H3,(H,51,54)/b17-16-.